The highest BCUT2D eigenvalue weighted by Gasteiger charge is 2.14. The molecule has 0 unspecified atom stereocenters. The minimum absolute atomic E-state index is 0.246. The van der Waals surface area contributed by atoms with Crippen LogP contribution in [0.1, 0.15) is 38.8 Å². The number of carbonyl (C=O) groups excluding carboxylic acids is 3. The summed E-state index contributed by atoms with van der Waals surface area (Å²) >= 11 is 3.34. The molecule has 41 heavy (non-hydrogen) atoms. The molecule has 0 aliphatic rings. The minimum Gasteiger partial charge on any atom is -0.490 e. The van der Waals surface area contributed by atoms with E-state index in [4.69, 9.17) is 9.47 Å². The van der Waals surface area contributed by atoms with Gasteiger partial charge in [0.2, 0.25) is 0 Å². The number of nitrogens with zero attached hydrogens (tertiary/aromatic N) is 1. The van der Waals surface area contributed by atoms with Crippen LogP contribution in [0, 0.1) is 0 Å². The molecule has 9 heteroatoms. The lowest BCUT2D eigenvalue weighted by Gasteiger charge is -2.11. The molecule has 0 aliphatic heterocycles. The van der Waals surface area contributed by atoms with E-state index in [0.717, 1.165) is 10.0 Å². The van der Waals surface area contributed by atoms with Crippen molar-refractivity contribution in [1.82, 2.24) is 5.43 Å². The maximum absolute atomic E-state index is 12.9. The van der Waals surface area contributed by atoms with Gasteiger partial charge >= 0.3 is 5.97 Å². The van der Waals surface area contributed by atoms with Crippen molar-refractivity contribution in [2.45, 2.75) is 6.92 Å². The number of hydrogen-bond donors (Lipinski definition) is 2. The SMILES string of the molecule is CCOc1cc(/C=N\NC(=O)c2ccccc2NC(=O)c2ccc(Br)cc2)ccc1OC(=O)/C=C/c1ccccc1. The Bertz CT molecular complexity index is 1580. The van der Waals surface area contributed by atoms with Crippen molar-refractivity contribution in [3.8, 4) is 11.5 Å². The third kappa shape index (κ3) is 8.48. The van der Waals surface area contributed by atoms with Crippen LogP contribution in [0.4, 0.5) is 5.69 Å². The molecule has 8 nitrogen and oxygen atoms in total. The van der Waals surface area contributed by atoms with Gasteiger partial charge in [-0.1, -0.05) is 58.4 Å². The van der Waals surface area contributed by atoms with Crippen LogP contribution >= 0.6 is 15.9 Å². The lowest BCUT2D eigenvalue weighted by Crippen LogP contribution is -2.21. The van der Waals surface area contributed by atoms with E-state index in [1.54, 1.807) is 72.8 Å². The van der Waals surface area contributed by atoms with Gasteiger partial charge in [0.1, 0.15) is 0 Å². The second-order valence-electron chi connectivity index (χ2n) is 8.51. The highest BCUT2D eigenvalue weighted by atomic mass is 79.9. The first-order chi connectivity index (χ1) is 19.9. The van der Waals surface area contributed by atoms with Crippen molar-refractivity contribution < 1.29 is 23.9 Å². The van der Waals surface area contributed by atoms with E-state index in [0.29, 0.717) is 29.2 Å². The van der Waals surface area contributed by atoms with Crippen molar-refractivity contribution in [1.29, 1.82) is 0 Å². The number of halogens is 1. The Labute approximate surface area is 245 Å². The Hall–Kier alpha value is -5.02. The average Bonchev–Trinajstić information content (AvgIpc) is 2.98. The van der Waals surface area contributed by atoms with Gasteiger partial charge in [-0.2, -0.15) is 5.10 Å². The van der Waals surface area contributed by atoms with E-state index < -0.39 is 11.9 Å². The number of hydrazone groups is 1. The summed E-state index contributed by atoms with van der Waals surface area (Å²) in [6, 6.07) is 27.8. The van der Waals surface area contributed by atoms with Gasteiger partial charge in [0.25, 0.3) is 11.8 Å². The number of anilines is 1. The highest BCUT2D eigenvalue weighted by Crippen LogP contribution is 2.28. The molecule has 0 aromatic heterocycles. The molecule has 2 N–H and O–H groups in total. The molecular weight excluding hydrogens is 586 g/mol. The summed E-state index contributed by atoms with van der Waals surface area (Å²) in [5.74, 6) is -0.791. The molecule has 4 aromatic carbocycles. The normalized spacial score (nSPS) is 10.9. The molecule has 4 rings (SSSR count). The summed E-state index contributed by atoms with van der Waals surface area (Å²) in [6.07, 6.45) is 4.44. The summed E-state index contributed by atoms with van der Waals surface area (Å²) in [7, 11) is 0. The number of amides is 2. The second-order valence-corrected chi connectivity index (χ2v) is 9.43. The maximum Gasteiger partial charge on any atom is 0.336 e. The summed E-state index contributed by atoms with van der Waals surface area (Å²) in [6.45, 7) is 2.17. The largest absolute Gasteiger partial charge is 0.490 e. The fourth-order valence-corrected chi connectivity index (χ4v) is 3.90. The van der Waals surface area contributed by atoms with Crippen molar-refractivity contribution >= 4 is 51.7 Å². The van der Waals surface area contributed by atoms with Crippen LogP contribution in [0.2, 0.25) is 0 Å². The third-order valence-electron chi connectivity index (χ3n) is 5.60. The number of benzene rings is 4. The fraction of sp³-hybridized carbons (Fsp3) is 0.0625. The highest BCUT2D eigenvalue weighted by molar-refractivity contribution is 9.10. The molecule has 0 radical (unpaired) electrons. The van der Waals surface area contributed by atoms with Crippen molar-refractivity contribution in [2.24, 2.45) is 5.10 Å². The maximum atomic E-state index is 12.9. The smallest absolute Gasteiger partial charge is 0.336 e. The zero-order valence-corrected chi connectivity index (χ0v) is 23.6. The second kappa shape index (κ2) is 14.4. The standard InChI is InChI=1S/C32H26BrN3O5/c1-2-40-29-20-23(12-18-28(29)41-30(37)19-13-22-8-4-3-5-9-22)21-34-36-32(39)26-10-6-7-11-27(26)35-31(38)24-14-16-25(33)17-15-24/h3-21H,2H2,1H3,(H,35,38)(H,36,39)/b19-13+,34-21-. The summed E-state index contributed by atoms with van der Waals surface area (Å²) in [4.78, 5) is 37.8. The zero-order chi connectivity index (χ0) is 29.0. The van der Waals surface area contributed by atoms with Crippen LogP contribution in [0.25, 0.3) is 6.08 Å². The van der Waals surface area contributed by atoms with Crippen LogP contribution in [-0.4, -0.2) is 30.6 Å². The Morgan fingerprint density at radius 1 is 0.829 bits per heavy atom. The first-order valence-electron chi connectivity index (χ1n) is 12.6. The van der Waals surface area contributed by atoms with Crippen LogP contribution in [0.5, 0.6) is 11.5 Å². The molecule has 206 valence electrons. The number of hydrogen-bond acceptors (Lipinski definition) is 6. The van der Waals surface area contributed by atoms with Gasteiger partial charge in [-0.05, 0) is 78.7 Å². The molecule has 0 bridgehead atoms. The fourth-order valence-electron chi connectivity index (χ4n) is 3.64. The summed E-state index contributed by atoms with van der Waals surface area (Å²) in [5, 5.41) is 6.81. The number of ether oxygens (including phenoxy) is 2. The zero-order valence-electron chi connectivity index (χ0n) is 22.0. The van der Waals surface area contributed by atoms with Gasteiger partial charge in [0.05, 0.1) is 24.1 Å². The lowest BCUT2D eigenvalue weighted by atomic mass is 10.1. The molecule has 0 saturated heterocycles. The monoisotopic (exact) mass is 611 g/mol. The minimum atomic E-state index is -0.547. The van der Waals surface area contributed by atoms with Crippen molar-refractivity contribution in [2.75, 3.05) is 11.9 Å². The van der Waals surface area contributed by atoms with E-state index in [-0.39, 0.29) is 17.2 Å². The number of rotatable bonds is 10. The molecule has 0 saturated carbocycles. The Morgan fingerprint density at radius 3 is 2.32 bits per heavy atom. The third-order valence-corrected chi connectivity index (χ3v) is 6.12. The van der Waals surface area contributed by atoms with Crippen molar-refractivity contribution in [3.05, 3.63) is 130 Å². The first-order valence-corrected chi connectivity index (χ1v) is 13.4. The Balaban J connectivity index is 1.40. The van der Waals surface area contributed by atoms with E-state index in [1.807, 2.05) is 37.3 Å². The lowest BCUT2D eigenvalue weighted by molar-refractivity contribution is -0.129. The van der Waals surface area contributed by atoms with Crippen LogP contribution in [0.3, 0.4) is 0 Å². The van der Waals surface area contributed by atoms with E-state index in [1.165, 1.54) is 12.3 Å². The van der Waals surface area contributed by atoms with Gasteiger partial charge in [0.15, 0.2) is 11.5 Å². The quantitative estimate of drug-likeness (QED) is 0.0701. The van der Waals surface area contributed by atoms with Gasteiger partial charge in [-0.15, -0.1) is 0 Å². The number of carbonyl (C=O) groups is 3. The molecule has 0 aliphatic carbocycles. The molecule has 4 aromatic rings. The van der Waals surface area contributed by atoms with Crippen LogP contribution < -0.4 is 20.2 Å². The predicted molar refractivity (Wildman–Crippen MR) is 162 cm³/mol. The number of nitrogens with one attached hydrogen (secondary N) is 2. The van der Waals surface area contributed by atoms with E-state index in [9.17, 15) is 14.4 Å². The molecule has 0 spiro atoms. The molecule has 2 amide bonds. The van der Waals surface area contributed by atoms with E-state index >= 15 is 0 Å². The molecule has 0 heterocycles. The Morgan fingerprint density at radius 2 is 1.56 bits per heavy atom. The molecule has 0 atom stereocenters. The molecular formula is C32H26BrN3O5. The topological polar surface area (TPSA) is 106 Å². The number of para-hydroxylation sites is 1. The predicted octanol–water partition coefficient (Wildman–Crippen LogP) is 6.48. The van der Waals surface area contributed by atoms with Gasteiger partial charge in [0, 0.05) is 16.1 Å². The average molecular weight is 612 g/mol. The number of esters is 1. The first kappa shape index (κ1) is 29.0. The summed E-state index contributed by atoms with van der Waals surface area (Å²) < 4.78 is 12.0. The summed E-state index contributed by atoms with van der Waals surface area (Å²) in [5.41, 5.74) is 5.00. The van der Waals surface area contributed by atoms with Crippen LogP contribution in [0.15, 0.2) is 113 Å². The molecule has 0 fully saturated rings. The van der Waals surface area contributed by atoms with Gasteiger partial charge < -0.3 is 14.8 Å². The van der Waals surface area contributed by atoms with Crippen LogP contribution in [-0.2, 0) is 4.79 Å². The van der Waals surface area contributed by atoms with E-state index in [2.05, 4.69) is 31.8 Å². The van der Waals surface area contributed by atoms with Gasteiger partial charge in [-0.3, -0.25) is 9.59 Å². The van der Waals surface area contributed by atoms with Crippen molar-refractivity contribution in [3.63, 3.8) is 0 Å². The van der Waals surface area contributed by atoms with Gasteiger partial charge in [-0.25, -0.2) is 10.2 Å². The Kier molecular flexibility index (Phi) is 10.2.